The summed E-state index contributed by atoms with van der Waals surface area (Å²) in [6.45, 7) is 2.99. The molecule has 0 aromatic heterocycles. The lowest BCUT2D eigenvalue weighted by Gasteiger charge is -2.23. The number of allylic oxidation sites excluding steroid dienone is 1. The van der Waals surface area contributed by atoms with Crippen LogP contribution in [-0.4, -0.2) is 9.73 Å². The Balaban J connectivity index is 2.08. The molecule has 1 aliphatic rings. The zero-order chi connectivity index (χ0) is 9.97. The van der Waals surface area contributed by atoms with Crippen LogP contribution >= 0.6 is 23.4 Å². The Hall–Kier alpha value is -0.600. The van der Waals surface area contributed by atoms with Crippen molar-refractivity contribution in [3.8, 4) is 0 Å². The molecule has 3 heteroatoms. The zero-order valence-electron chi connectivity index (χ0n) is 7.98. The Kier molecular flexibility index (Phi) is 3.04. The molecule has 0 saturated carbocycles. The van der Waals surface area contributed by atoms with Crippen molar-refractivity contribution in [2.24, 2.45) is 0 Å². The summed E-state index contributed by atoms with van der Waals surface area (Å²) < 4.78 is 0. The van der Waals surface area contributed by atoms with E-state index in [0.29, 0.717) is 0 Å². The molecule has 1 heterocycles. The molecule has 0 N–H and O–H groups in total. The van der Waals surface area contributed by atoms with Crippen molar-refractivity contribution in [2.75, 3.05) is 0 Å². The fourth-order valence-corrected chi connectivity index (χ4v) is 2.64. The van der Waals surface area contributed by atoms with Crippen LogP contribution in [0.2, 0.25) is 0 Å². The number of alkyl halides is 1. The molecule has 1 aromatic rings. The first-order valence-electron chi connectivity index (χ1n) is 4.54. The number of hydrogen-bond donors (Lipinski definition) is 0. The highest BCUT2D eigenvalue weighted by Gasteiger charge is 2.21. The quantitative estimate of drug-likeness (QED) is 0.559. The number of nitrogens with zero attached hydrogens (tertiary/aromatic N) is 1. The Morgan fingerprint density at radius 3 is 2.64 bits per heavy atom. The van der Waals surface area contributed by atoms with Gasteiger partial charge in [-0.05, 0) is 17.9 Å². The Morgan fingerprint density at radius 2 is 2.07 bits per heavy atom. The van der Waals surface area contributed by atoms with E-state index in [1.54, 1.807) is 11.8 Å². The van der Waals surface area contributed by atoms with Crippen molar-refractivity contribution in [2.45, 2.75) is 18.3 Å². The lowest BCUT2D eigenvalue weighted by Crippen LogP contribution is -2.22. The second-order valence-electron chi connectivity index (χ2n) is 3.30. The third-order valence-corrected chi connectivity index (χ3v) is 3.75. The summed E-state index contributed by atoms with van der Waals surface area (Å²) in [4.78, 5) is 2.25. The van der Waals surface area contributed by atoms with Gasteiger partial charge in [-0.15, -0.1) is 0 Å². The van der Waals surface area contributed by atoms with Gasteiger partial charge in [0, 0.05) is 12.2 Å². The third kappa shape index (κ3) is 2.07. The van der Waals surface area contributed by atoms with Gasteiger partial charge in [-0.2, -0.15) is 0 Å². The Bertz CT molecular complexity index is 336. The van der Waals surface area contributed by atoms with E-state index in [2.05, 4.69) is 41.5 Å². The summed E-state index contributed by atoms with van der Waals surface area (Å²) in [6, 6.07) is 10.4. The number of rotatable bonds is 2. The van der Waals surface area contributed by atoms with Gasteiger partial charge in [-0.1, -0.05) is 53.7 Å². The smallest absolute Gasteiger partial charge is 0.155 e. The molecule has 74 valence electrons. The van der Waals surface area contributed by atoms with Gasteiger partial charge in [0.25, 0.3) is 0 Å². The van der Waals surface area contributed by atoms with E-state index < -0.39 is 0 Å². The van der Waals surface area contributed by atoms with Crippen LogP contribution in [-0.2, 0) is 6.54 Å². The van der Waals surface area contributed by atoms with Gasteiger partial charge in [-0.25, -0.2) is 0 Å². The molecule has 1 atom stereocenters. The molecule has 0 spiro atoms. The molecule has 0 bridgehead atoms. The van der Waals surface area contributed by atoms with E-state index in [-0.39, 0.29) is 4.83 Å². The Morgan fingerprint density at radius 1 is 1.36 bits per heavy atom. The molecule has 0 aliphatic carbocycles. The van der Waals surface area contributed by atoms with E-state index >= 15 is 0 Å². The fourth-order valence-electron chi connectivity index (χ4n) is 1.43. The SMILES string of the molecule is CC1=CSC(Cl)N1Cc1ccccc1. The van der Waals surface area contributed by atoms with E-state index in [0.717, 1.165) is 6.54 Å². The van der Waals surface area contributed by atoms with Crippen LogP contribution in [0, 0.1) is 0 Å². The van der Waals surface area contributed by atoms with Gasteiger partial charge in [0.05, 0.1) is 0 Å². The molecular formula is C11H12ClNS. The normalized spacial score (nSPS) is 21.1. The minimum atomic E-state index is 0.0511. The number of benzene rings is 1. The maximum absolute atomic E-state index is 6.16. The monoisotopic (exact) mass is 225 g/mol. The predicted octanol–water partition coefficient (Wildman–Crippen LogP) is 3.62. The summed E-state index contributed by atoms with van der Waals surface area (Å²) in [5.41, 5.74) is 2.55. The summed E-state index contributed by atoms with van der Waals surface area (Å²) >= 11 is 7.82. The molecule has 14 heavy (non-hydrogen) atoms. The molecule has 1 aliphatic heterocycles. The molecule has 0 radical (unpaired) electrons. The number of halogens is 1. The maximum atomic E-state index is 6.16. The molecule has 0 amide bonds. The number of thioether (sulfide) groups is 1. The summed E-state index contributed by atoms with van der Waals surface area (Å²) in [5, 5.41) is 2.11. The highest BCUT2D eigenvalue weighted by Crippen LogP contribution is 2.34. The van der Waals surface area contributed by atoms with Crippen LogP contribution in [0.25, 0.3) is 0 Å². The molecular weight excluding hydrogens is 214 g/mol. The fraction of sp³-hybridized carbons (Fsp3) is 0.273. The minimum absolute atomic E-state index is 0.0511. The van der Waals surface area contributed by atoms with E-state index in [1.807, 2.05) is 6.07 Å². The van der Waals surface area contributed by atoms with Crippen LogP contribution in [0.4, 0.5) is 0 Å². The van der Waals surface area contributed by atoms with Crippen molar-refractivity contribution in [3.63, 3.8) is 0 Å². The molecule has 1 unspecified atom stereocenters. The van der Waals surface area contributed by atoms with Crippen molar-refractivity contribution in [3.05, 3.63) is 47.0 Å². The van der Waals surface area contributed by atoms with E-state index in [1.165, 1.54) is 11.3 Å². The lowest BCUT2D eigenvalue weighted by atomic mass is 10.2. The van der Waals surface area contributed by atoms with E-state index in [4.69, 9.17) is 11.6 Å². The highest BCUT2D eigenvalue weighted by molar-refractivity contribution is 8.04. The van der Waals surface area contributed by atoms with Crippen LogP contribution < -0.4 is 0 Å². The lowest BCUT2D eigenvalue weighted by molar-refractivity contribution is 0.380. The molecule has 2 rings (SSSR count). The number of hydrogen-bond acceptors (Lipinski definition) is 2. The minimum Gasteiger partial charge on any atom is -0.346 e. The second kappa shape index (κ2) is 4.28. The second-order valence-corrected chi connectivity index (χ2v) is 4.93. The van der Waals surface area contributed by atoms with Crippen LogP contribution in [0.3, 0.4) is 0 Å². The van der Waals surface area contributed by atoms with Crippen molar-refractivity contribution < 1.29 is 0 Å². The van der Waals surface area contributed by atoms with Gasteiger partial charge in [0.2, 0.25) is 0 Å². The first-order valence-corrected chi connectivity index (χ1v) is 5.92. The van der Waals surface area contributed by atoms with Gasteiger partial charge in [-0.3, -0.25) is 0 Å². The van der Waals surface area contributed by atoms with Crippen LogP contribution in [0.15, 0.2) is 41.4 Å². The summed E-state index contributed by atoms with van der Waals surface area (Å²) in [5.74, 6) is 0. The zero-order valence-corrected chi connectivity index (χ0v) is 9.55. The predicted molar refractivity (Wildman–Crippen MR) is 63.0 cm³/mol. The standard InChI is InChI=1S/C11H12ClNS/c1-9-8-14-11(12)13(9)7-10-5-3-2-4-6-10/h2-6,8,11H,7H2,1H3. The first-order chi connectivity index (χ1) is 6.77. The topological polar surface area (TPSA) is 3.24 Å². The average Bonchev–Trinajstić information content (AvgIpc) is 2.51. The average molecular weight is 226 g/mol. The molecule has 0 saturated heterocycles. The van der Waals surface area contributed by atoms with Crippen molar-refractivity contribution >= 4 is 23.4 Å². The van der Waals surface area contributed by atoms with Crippen molar-refractivity contribution in [1.82, 2.24) is 4.90 Å². The summed E-state index contributed by atoms with van der Waals surface area (Å²) in [6.07, 6.45) is 0. The van der Waals surface area contributed by atoms with Gasteiger partial charge in [0.1, 0.15) is 0 Å². The van der Waals surface area contributed by atoms with Crippen LogP contribution in [0.5, 0.6) is 0 Å². The maximum Gasteiger partial charge on any atom is 0.155 e. The van der Waals surface area contributed by atoms with Crippen LogP contribution in [0.1, 0.15) is 12.5 Å². The third-order valence-electron chi connectivity index (χ3n) is 2.24. The molecule has 0 fully saturated rings. The molecule has 1 nitrogen and oxygen atoms in total. The van der Waals surface area contributed by atoms with Gasteiger partial charge < -0.3 is 4.90 Å². The largest absolute Gasteiger partial charge is 0.346 e. The highest BCUT2D eigenvalue weighted by atomic mass is 35.5. The van der Waals surface area contributed by atoms with Gasteiger partial charge >= 0.3 is 0 Å². The first kappa shape index (κ1) is 9.94. The van der Waals surface area contributed by atoms with Gasteiger partial charge in [0.15, 0.2) is 4.83 Å². The van der Waals surface area contributed by atoms with E-state index in [9.17, 15) is 0 Å². The summed E-state index contributed by atoms with van der Waals surface area (Å²) in [7, 11) is 0. The Labute approximate surface area is 93.7 Å². The molecule has 1 aromatic carbocycles. The van der Waals surface area contributed by atoms with Crippen molar-refractivity contribution in [1.29, 1.82) is 0 Å².